The van der Waals surface area contributed by atoms with Crippen LogP contribution in [-0.4, -0.2) is 29.6 Å². The fraction of sp³-hybridized carbons (Fsp3) is 0.647. The van der Waals surface area contributed by atoms with E-state index in [2.05, 4.69) is 43.9 Å². The number of aliphatic hydroxyl groups excluding tert-OH is 1. The molecule has 1 aliphatic heterocycles. The first-order chi connectivity index (χ1) is 9.10. The molecule has 2 atom stereocenters. The van der Waals surface area contributed by atoms with E-state index in [9.17, 15) is 5.11 Å². The zero-order valence-electron chi connectivity index (χ0n) is 12.5. The van der Waals surface area contributed by atoms with E-state index < -0.39 is 0 Å². The van der Waals surface area contributed by atoms with Crippen molar-refractivity contribution in [3.05, 3.63) is 34.9 Å². The Morgan fingerprint density at radius 3 is 2.89 bits per heavy atom. The van der Waals surface area contributed by atoms with Gasteiger partial charge in [-0.05, 0) is 50.3 Å². The summed E-state index contributed by atoms with van der Waals surface area (Å²) in [4.78, 5) is 2.42. The van der Waals surface area contributed by atoms with E-state index in [0.29, 0.717) is 0 Å². The molecule has 1 fully saturated rings. The lowest BCUT2D eigenvalue weighted by Gasteiger charge is -2.22. The Kier molecular flexibility index (Phi) is 5.00. The number of likely N-dealkylation sites (tertiary alicyclic amines) is 1. The average molecular weight is 261 g/mol. The Morgan fingerprint density at radius 1 is 1.37 bits per heavy atom. The van der Waals surface area contributed by atoms with E-state index in [0.717, 1.165) is 31.1 Å². The summed E-state index contributed by atoms with van der Waals surface area (Å²) in [7, 11) is 0. The zero-order valence-corrected chi connectivity index (χ0v) is 12.5. The molecule has 1 N–H and O–H groups in total. The van der Waals surface area contributed by atoms with Gasteiger partial charge in [-0.15, -0.1) is 0 Å². The molecular formula is C17H27NO. The fourth-order valence-corrected chi connectivity index (χ4v) is 3.18. The van der Waals surface area contributed by atoms with Crippen LogP contribution in [0.1, 0.15) is 49.0 Å². The predicted molar refractivity (Wildman–Crippen MR) is 80.3 cm³/mol. The van der Waals surface area contributed by atoms with Crippen LogP contribution in [0.3, 0.4) is 0 Å². The minimum Gasteiger partial charge on any atom is -0.387 e. The maximum absolute atomic E-state index is 10.5. The predicted octanol–water partition coefficient (Wildman–Crippen LogP) is 3.46. The number of hydrogen-bond acceptors (Lipinski definition) is 2. The summed E-state index contributed by atoms with van der Waals surface area (Å²) in [6.45, 7) is 9.52. The van der Waals surface area contributed by atoms with Crippen molar-refractivity contribution in [3.8, 4) is 0 Å². The fourth-order valence-electron chi connectivity index (χ4n) is 3.18. The minimum absolute atomic E-state index is 0.347. The van der Waals surface area contributed by atoms with Crippen molar-refractivity contribution in [1.29, 1.82) is 0 Å². The molecular weight excluding hydrogens is 234 g/mol. The highest BCUT2D eigenvalue weighted by Crippen LogP contribution is 2.25. The van der Waals surface area contributed by atoms with Gasteiger partial charge in [0.2, 0.25) is 0 Å². The Bertz CT molecular complexity index is 416. The smallest absolute Gasteiger partial charge is 0.0919 e. The Balaban J connectivity index is 1.94. The molecule has 0 saturated carbocycles. The first kappa shape index (κ1) is 14.5. The highest BCUT2D eigenvalue weighted by molar-refractivity contribution is 5.32. The normalized spacial score (nSPS) is 21.8. The third-order valence-electron chi connectivity index (χ3n) is 4.29. The minimum atomic E-state index is -0.347. The molecule has 1 aromatic rings. The third kappa shape index (κ3) is 3.80. The topological polar surface area (TPSA) is 23.5 Å². The van der Waals surface area contributed by atoms with Crippen LogP contribution in [0.4, 0.5) is 0 Å². The van der Waals surface area contributed by atoms with Crippen molar-refractivity contribution in [2.24, 2.45) is 5.92 Å². The van der Waals surface area contributed by atoms with Crippen molar-refractivity contribution in [3.63, 3.8) is 0 Å². The van der Waals surface area contributed by atoms with Crippen LogP contribution >= 0.6 is 0 Å². The van der Waals surface area contributed by atoms with E-state index in [1.807, 2.05) is 0 Å². The average Bonchev–Trinajstić information content (AvgIpc) is 2.80. The molecule has 0 bridgehead atoms. The van der Waals surface area contributed by atoms with E-state index in [1.54, 1.807) is 0 Å². The van der Waals surface area contributed by atoms with Crippen LogP contribution < -0.4 is 0 Å². The van der Waals surface area contributed by atoms with Gasteiger partial charge in [-0.3, -0.25) is 0 Å². The second-order valence-corrected chi connectivity index (χ2v) is 6.08. The molecule has 2 nitrogen and oxygen atoms in total. The molecule has 2 unspecified atom stereocenters. The molecule has 0 spiro atoms. The van der Waals surface area contributed by atoms with Gasteiger partial charge in [-0.2, -0.15) is 0 Å². The largest absolute Gasteiger partial charge is 0.387 e. The SMILES string of the molecule is CCCC1CCN(CC(O)c2cc(C)ccc2C)C1. The van der Waals surface area contributed by atoms with Crippen molar-refractivity contribution >= 4 is 0 Å². The quantitative estimate of drug-likeness (QED) is 0.877. The lowest BCUT2D eigenvalue weighted by atomic mass is 10.0. The molecule has 106 valence electrons. The van der Waals surface area contributed by atoms with Gasteiger partial charge in [0.05, 0.1) is 6.10 Å². The van der Waals surface area contributed by atoms with Gasteiger partial charge in [-0.1, -0.05) is 37.1 Å². The second kappa shape index (κ2) is 6.53. The highest BCUT2D eigenvalue weighted by Gasteiger charge is 2.24. The first-order valence-electron chi connectivity index (χ1n) is 7.57. The number of aliphatic hydroxyl groups is 1. The first-order valence-corrected chi connectivity index (χ1v) is 7.57. The molecule has 1 aromatic carbocycles. The number of benzene rings is 1. The van der Waals surface area contributed by atoms with Crippen molar-refractivity contribution in [2.75, 3.05) is 19.6 Å². The lowest BCUT2D eigenvalue weighted by molar-refractivity contribution is 0.123. The molecule has 2 rings (SSSR count). The standard InChI is InChI=1S/C17H27NO/c1-4-5-15-8-9-18(11-15)12-17(19)16-10-13(2)6-7-14(16)3/h6-7,10,15,17,19H,4-5,8-9,11-12H2,1-3H3. The van der Waals surface area contributed by atoms with Crippen LogP contribution in [0.25, 0.3) is 0 Å². The lowest BCUT2D eigenvalue weighted by Crippen LogP contribution is -2.27. The van der Waals surface area contributed by atoms with Crippen LogP contribution in [0.2, 0.25) is 0 Å². The van der Waals surface area contributed by atoms with Crippen LogP contribution in [0.5, 0.6) is 0 Å². The monoisotopic (exact) mass is 261 g/mol. The van der Waals surface area contributed by atoms with E-state index >= 15 is 0 Å². The van der Waals surface area contributed by atoms with E-state index in [4.69, 9.17) is 0 Å². The second-order valence-electron chi connectivity index (χ2n) is 6.08. The Hall–Kier alpha value is -0.860. The van der Waals surface area contributed by atoms with Crippen LogP contribution in [0.15, 0.2) is 18.2 Å². The Labute approximate surface area is 117 Å². The highest BCUT2D eigenvalue weighted by atomic mass is 16.3. The van der Waals surface area contributed by atoms with E-state index in [-0.39, 0.29) is 6.10 Å². The van der Waals surface area contributed by atoms with Gasteiger partial charge in [0.25, 0.3) is 0 Å². The van der Waals surface area contributed by atoms with Gasteiger partial charge in [-0.25, -0.2) is 0 Å². The number of nitrogens with zero attached hydrogens (tertiary/aromatic N) is 1. The third-order valence-corrected chi connectivity index (χ3v) is 4.29. The molecule has 2 heteroatoms. The summed E-state index contributed by atoms with van der Waals surface area (Å²) in [5.74, 6) is 0.843. The molecule has 0 aliphatic carbocycles. The summed E-state index contributed by atoms with van der Waals surface area (Å²) in [6, 6.07) is 6.34. The van der Waals surface area contributed by atoms with E-state index in [1.165, 1.54) is 30.4 Å². The van der Waals surface area contributed by atoms with Gasteiger partial charge < -0.3 is 10.0 Å². The molecule has 1 saturated heterocycles. The van der Waals surface area contributed by atoms with Crippen molar-refractivity contribution < 1.29 is 5.11 Å². The van der Waals surface area contributed by atoms with Crippen molar-refractivity contribution in [2.45, 2.75) is 46.1 Å². The molecule has 19 heavy (non-hydrogen) atoms. The van der Waals surface area contributed by atoms with Gasteiger partial charge >= 0.3 is 0 Å². The van der Waals surface area contributed by atoms with Crippen LogP contribution in [-0.2, 0) is 0 Å². The number of aryl methyl sites for hydroxylation is 2. The summed E-state index contributed by atoms with van der Waals surface area (Å²) in [6.07, 6.45) is 3.56. The summed E-state index contributed by atoms with van der Waals surface area (Å²) < 4.78 is 0. The molecule has 0 aromatic heterocycles. The molecule has 1 aliphatic rings. The zero-order chi connectivity index (χ0) is 13.8. The maximum Gasteiger partial charge on any atom is 0.0919 e. The number of hydrogen-bond donors (Lipinski definition) is 1. The van der Waals surface area contributed by atoms with Gasteiger partial charge in [0.1, 0.15) is 0 Å². The Morgan fingerprint density at radius 2 is 2.16 bits per heavy atom. The van der Waals surface area contributed by atoms with Gasteiger partial charge in [0, 0.05) is 13.1 Å². The summed E-state index contributed by atoms with van der Waals surface area (Å²) in [5.41, 5.74) is 3.52. The summed E-state index contributed by atoms with van der Waals surface area (Å²) in [5, 5.41) is 10.5. The van der Waals surface area contributed by atoms with Gasteiger partial charge in [0.15, 0.2) is 0 Å². The van der Waals surface area contributed by atoms with Crippen LogP contribution in [0, 0.1) is 19.8 Å². The molecule has 0 amide bonds. The number of rotatable bonds is 5. The number of β-amino-alcohol motifs (C(OH)–C–C–N with tert-alkyl or cyclic N) is 1. The maximum atomic E-state index is 10.5. The van der Waals surface area contributed by atoms with Crippen molar-refractivity contribution in [1.82, 2.24) is 4.90 Å². The molecule has 1 heterocycles. The molecule has 0 radical (unpaired) electrons. The summed E-state index contributed by atoms with van der Waals surface area (Å²) >= 11 is 0.